The molecule has 3 aromatic rings. The number of aryl methyl sites for hydroxylation is 1. The summed E-state index contributed by atoms with van der Waals surface area (Å²) in [5.41, 5.74) is 1.42. The molecule has 0 spiro atoms. The first kappa shape index (κ1) is 15.6. The summed E-state index contributed by atoms with van der Waals surface area (Å²) < 4.78 is 13.7. The van der Waals surface area contributed by atoms with Crippen LogP contribution in [0, 0.1) is 12.7 Å². The summed E-state index contributed by atoms with van der Waals surface area (Å²) in [7, 11) is 0. The number of carbonyl (C=O) groups excluding carboxylic acids is 1. The van der Waals surface area contributed by atoms with Gasteiger partial charge in [-0.25, -0.2) is 9.37 Å². The molecule has 1 amide bonds. The monoisotopic (exact) mass is 323 g/mol. The molecule has 3 rings (SSSR count). The van der Waals surface area contributed by atoms with Crippen molar-refractivity contribution < 1.29 is 9.18 Å². The highest BCUT2D eigenvalue weighted by atomic mass is 19.1. The van der Waals surface area contributed by atoms with E-state index in [1.165, 1.54) is 24.3 Å². The molecule has 0 fully saturated rings. The first-order valence-electron chi connectivity index (χ1n) is 7.27. The normalized spacial score (nSPS) is 10.4. The van der Waals surface area contributed by atoms with E-state index in [1.807, 2.05) is 0 Å². The van der Waals surface area contributed by atoms with Crippen molar-refractivity contribution in [1.29, 1.82) is 0 Å². The van der Waals surface area contributed by atoms with E-state index in [-0.39, 0.29) is 11.1 Å². The molecular weight excluding hydrogens is 309 g/mol. The zero-order valence-corrected chi connectivity index (χ0v) is 12.8. The number of H-pyrrole nitrogens is 1. The van der Waals surface area contributed by atoms with Crippen LogP contribution in [0.15, 0.2) is 59.4 Å². The molecule has 0 aliphatic heterocycles. The van der Waals surface area contributed by atoms with E-state index in [2.05, 4.69) is 15.3 Å². The first-order valence-corrected chi connectivity index (χ1v) is 7.27. The maximum Gasteiger partial charge on any atom is 0.258 e. The largest absolute Gasteiger partial charge is 0.322 e. The number of hydrogen-bond acceptors (Lipinski definition) is 3. The van der Waals surface area contributed by atoms with E-state index >= 15 is 0 Å². The van der Waals surface area contributed by atoms with Gasteiger partial charge in [0.15, 0.2) is 0 Å². The third-order valence-corrected chi connectivity index (χ3v) is 3.38. The molecule has 0 atom stereocenters. The highest BCUT2D eigenvalue weighted by molar-refractivity contribution is 6.04. The number of anilines is 1. The van der Waals surface area contributed by atoms with Gasteiger partial charge in [-0.3, -0.25) is 9.59 Å². The van der Waals surface area contributed by atoms with Gasteiger partial charge in [-0.2, -0.15) is 0 Å². The zero-order chi connectivity index (χ0) is 17.1. The average Bonchev–Trinajstić information content (AvgIpc) is 2.54. The SMILES string of the molecule is Cc1cc(=O)[nH]c(-c2cccc(NC(=O)c3ccccc3F)c2)n1. The lowest BCUT2D eigenvalue weighted by Gasteiger charge is -2.08. The van der Waals surface area contributed by atoms with E-state index in [9.17, 15) is 14.0 Å². The lowest BCUT2D eigenvalue weighted by Crippen LogP contribution is -2.14. The van der Waals surface area contributed by atoms with Crippen molar-refractivity contribution in [1.82, 2.24) is 9.97 Å². The Balaban J connectivity index is 1.90. The summed E-state index contributed by atoms with van der Waals surface area (Å²) in [5.74, 6) is -0.728. The number of hydrogen-bond donors (Lipinski definition) is 2. The summed E-state index contributed by atoms with van der Waals surface area (Å²) in [6, 6.07) is 14.0. The summed E-state index contributed by atoms with van der Waals surface area (Å²) in [5, 5.41) is 2.64. The Kier molecular flexibility index (Phi) is 4.20. The number of amides is 1. The van der Waals surface area contributed by atoms with Crippen LogP contribution in [0.3, 0.4) is 0 Å². The minimum atomic E-state index is -0.587. The van der Waals surface area contributed by atoms with Crippen LogP contribution in [0.5, 0.6) is 0 Å². The van der Waals surface area contributed by atoms with Gasteiger partial charge in [0.05, 0.1) is 5.56 Å². The predicted molar refractivity (Wildman–Crippen MR) is 89.4 cm³/mol. The average molecular weight is 323 g/mol. The van der Waals surface area contributed by atoms with Crippen LogP contribution in [0.2, 0.25) is 0 Å². The Hall–Kier alpha value is -3.28. The minimum Gasteiger partial charge on any atom is -0.322 e. The number of aromatic nitrogens is 2. The van der Waals surface area contributed by atoms with Gasteiger partial charge in [0, 0.05) is 23.0 Å². The van der Waals surface area contributed by atoms with Crippen LogP contribution in [-0.4, -0.2) is 15.9 Å². The molecule has 2 N–H and O–H groups in total. The van der Waals surface area contributed by atoms with Gasteiger partial charge in [0.2, 0.25) is 0 Å². The highest BCUT2D eigenvalue weighted by Gasteiger charge is 2.11. The Morgan fingerprint density at radius 2 is 1.92 bits per heavy atom. The third-order valence-electron chi connectivity index (χ3n) is 3.38. The van der Waals surface area contributed by atoms with E-state index < -0.39 is 11.7 Å². The quantitative estimate of drug-likeness (QED) is 0.777. The maximum absolute atomic E-state index is 13.7. The minimum absolute atomic E-state index is 0.0370. The van der Waals surface area contributed by atoms with Gasteiger partial charge >= 0.3 is 0 Å². The van der Waals surface area contributed by atoms with Crippen LogP contribution in [0.25, 0.3) is 11.4 Å². The Morgan fingerprint density at radius 1 is 1.12 bits per heavy atom. The van der Waals surface area contributed by atoms with Gasteiger partial charge in [-0.05, 0) is 31.2 Å². The number of benzene rings is 2. The van der Waals surface area contributed by atoms with Crippen molar-refractivity contribution in [2.45, 2.75) is 6.92 Å². The van der Waals surface area contributed by atoms with Crippen molar-refractivity contribution in [3.63, 3.8) is 0 Å². The van der Waals surface area contributed by atoms with E-state index in [0.29, 0.717) is 22.8 Å². The van der Waals surface area contributed by atoms with E-state index in [1.54, 1.807) is 37.3 Å². The predicted octanol–water partition coefficient (Wildman–Crippen LogP) is 3.14. The molecule has 120 valence electrons. The van der Waals surface area contributed by atoms with Crippen molar-refractivity contribution >= 4 is 11.6 Å². The number of nitrogens with zero attached hydrogens (tertiary/aromatic N) is 1. The number of rotatable bonds is 3. The van der Waals surface area contributed by atoms with Gasteiger partial charge in [0.25, 0.3) is 11.5 Å². The Morgan fingerprint density at radius 3 is 2.67 bits per heavy atom. The molecule has 1 heterocycles. The molecule has 0 aliphatic carbocycles. The summed E-state index contributed by atoms with van der Waals surface area (Å²) in [6.45, 7) is 1.72. The molecule has 2 aromatic carbocycles. The van der Waals surface area contributed by atoms with E-state index in [0.717, 1.165) is 0 Å². The van der Waals surface area contributed by atoms with Crippen molar-refractivity contribution in [3.05, 3.63) is 82.0 Å². The topological polar surface area (TPSA) is 74.8 Å². The van der Waals surface area contributed by atoms with Crippen LogP contribution >= 0.6 is 0 Å². The van der Waals surface area contributed by atoms with E-state index in [4.69, 9.17) is 0 Å². The van der Waals surface area contributed by atoms with Crippen LogP contribution < -0.4 is 10.9 Å². The molecule has 0 saturated carbocycles. The molecular formula is C18H14FN3O2. The smallest absolute Gasteiger partial charge is 0.258 e. The zero-order valence-electron chi connectivity index (χ0n) is 12.8. The number of carbonyl (C=O) groups is 1. The fourth-order valence-electron chi connectivity index (χ4n) is 2.30. The second-order valence-electron chi connectivity index (χ2n) is 5.25. The van der Waals surface area contributed by atoms with Gasteiger partial charge in [-0.15, -0.1) is 0 Å². The molecule has 24 heavy (non-hydrogen) atoms. The maximum atomic E-state index is 13.7. The number of halogens is 1. The van der Waals surface area contributed by atoms with Crippen molar-refractivity contribution in [2.75, 3.05) is 5.32 Å². The lowest BCUT2D eigenvalue weighted by atomic mass is 10.1. The Bertz CT molecular complexity index is 966. The summed E-state index contributed by atoms with van der Waals surface area (Å²) in [6.07, 6.45) is 0. The lowest BCUT2D eigenvalue weighted by molar-refractivity contribution is 0.102. The number of nitrogens with one attached hydrogen (secondary N) is 2. The summed E-state index contributed by atoms with van der Waals surface area (Å²) >= 11 is 0. The molecule has 0 bridgehead atoms. The molecule has 6 heteroatoms. The van der Waals surface area contributed by atoms with Crippen molar-refractivity contribution in [2.24, 2.45) is 0 Å². The highest BCUT2D eigenvalue weighted by Crippen LogP contribution is 2.19. The second-order valence-corrected chi connectivity index (χ2v) is 5.25. The fraction of sp³-hybridized carbons (Fsp3) is 0.0556. The Labute approximate surface area is 137 Å². The van der Waals surface area contributed by atoms with Crippen LogP contribution in [-0.2, 0) is 0 Å². The van der Waals surface area contributed by atoms with Gasteiger partial charge < -0.3 is 10.3 Å². The van der Waals surface area contributed by atoms with Crippen LogP contribution in [0.1, 0.15) is 16.1 Å². The summed E-state index contributed by atoms with van der Waals surface area (Å²) in [4.78, 5) is 30.6. The van der Waals surface area contributed by atoms with Gasteiger partial charge in [0.1, 0.15) is 11.6 Å². The molecule has 0 saturated heterocycles. The molecule has 0 unspecified atom stereocenters. The molecule has 5 nitrogen and oxygen atoms in total. The van der Waals surface area contributed by atoms with Crippen molar-refractivity contribution in [3.8, 4) is 11.4 Å². The standard InChI is InChI=1S/C18H14FN3O2/c1-11-9-16(23)22-17(20-11)12-5-4-6-13(10-12)21-18(24)14-7-2-3-8-15(14)19/h2-10H,1H3,(H,21,24)(H,20,22,23). The third kappa shape index (κ3) is 3.38. The van der Waals surface area contributed by atoms with Crippen LogP contribution in [0.4, 0.5) is 10.1 Å². The molecule has 0 aliphatic rings. The first-order chi connectivity index (χ1) is 11.5. The number of aromatic amines is 1. The second kappa shape index (κ2) is 6.45. The molecule has 0 radical (unpaired) electrons. The fourth-order valence-corrected chi connectivity index (χ4v) is 2.30. The van der Waals surface area contributed by atoms with Gasteiger partial charge in [-0.1, -0.05) is 24.3 Å². The molecule has 1 aromatic heterocycles.